The van der Waals surface area contributed by atoms with Gasteiger partial charge in [0.1, 0.15) is 5.52 Å². The van der Waals surface area contributed by atoms with Gasteiger partial charge in [-0.05, 0) is 12.8 Å². The van der Waals surface area contributed by atoms with Gasteiger partial charge in [0.05, 0.1) is 6.33 Å². The molecule has 2 aromatic heterocycles. The van der Waals surface area contributed by atoms with Crippen LogP contribution in [-0.2, 0) is 0 Å². The van der Waals surface area contributed by atoms with Gasteiger partial charge in [0.15, 0.2) is 11.5 Å². The minimum atomic E-state index is 0.472. The molecule has 0 aromatic carbocycles. The fourth-order valence-electron chi connectivity index (χ4n) is 1.90. The van der Waals surface area contributed by atoms with Gasteiger partial charge in [-0.3, -0.25) is 0 Å². The number of nitrogen functional groups attached to an aromatic ring is 1. The largest absolute Gasteiger partial charge is 0.382 e. The summed E-state index contributed by atoms with van der Waals surface area (Å²) in [6.07, 6.45) is 3.98. The molecule has 6 nitrogen and oxygen atoms in total. The molecule has 0 spiro atoms. The summed E-state index contributed by atoms with van der Waals surface area (Å²) in [4.78, 5) is 17.8. The number of H-pyrrole nitrogens is 1. The van der Waals surface area contributed by atoms with Crippen LogP contribution < -0.4 is 10.6 Å². The van der Waals surface area contributed by atoms with Crippen LogP contribution in [0.15, 0.2) is 6.33 Å². The lowest BCUT2D eigenvalue weighted by Gasteiger charge is -2.14. The van der Waals surface area contributed by atoms with Crippen LogP contribution in [0.5, 0.6) is 0 Å². The Morgan fingerprint density at radius 2 is 2.07 bits per heavy atom. The number of aromatic amines is 1. The van der Waals surface area contributed by atoms with Crippen molar-refractivity contribution in [2.45, 2.75) is 12.8 Å². The molecule has 3 heterocycles. The fourth-order valence-corrected chi connectivity index (χ4v) is 1.90. The lowest BCUT2D eigenvalue weighted by atomic mass is 10.4. The molecule has 3 rings (SSSR count). The molecule has 15 heavy (non-hydrogen) atoms. The molecule has 0 bridgehead atoms. The zero-order chi connectivity index (χ0) is 10.3. The van der Waals surface area contributed by atoms with Crippen LogP contribution >= 0.6 is 0 Å². The summed E-state index contributed by atoms with van der Waals surface area (Å²) >= 11 is 0. The number of nitrogens with zero attached hydrogens (tertiary/aromatic N) is 4. The van der Waals surface area contributed by atoms with Crippen LogP contribution in [0.25, 0.3) is 11.2 Å². The zero-order valence-electron chi connectivity index (χ0n) is 8.27. The molecule has 1 saturated heterocycles. The number of aromatic nitrogens is 4. The second kappa shape index (κ2) is 3.08. The van der Waals surface area contributed by atoms with Crippen molar-refractivity contribution in [3.05, 3.63) is 6.33 Å². The van der Waals surface area contributed by atoms with Gasteiger partial charge in [0.25, 0.3) is 0 Å². The van der Waals surface area contributed by atoms with E-state index in [0.717, 1.165) is 18.6 Å². The third-order valence-electron chi connectivity index (χ3n) is 2.69. The van der Waals surface area contributed by atoms with E-state index in [1.54, 1.807) is 6.33 Å². The van der Waals surface area contributed by atoms with Crippen LogP contribution in [0.4, 0.5) is 11.8 Å². The molecule has 0 atom stereocenters. The van der Waals surface area contributed by atoms with Crippen LogP contribution in [0, 0.1) is 0 Å². The molecule has 6 heteroatoms. The monoisotopic (exact) mass is 204 g/mol. The van der Waals surface area contributed by atoms with Crippen molar-refractivity contribution in [2.24, 2.45) is 0 Å². The van der Waals surface area contributed by atoms with Gasteiger partial charge >= 0.3 is 0 Å². The number of nitrogens with one attached hydrogen (secondary N) is 1. The highest BCUT2D eigenvalue weighted by atomic mass is 15.3. The molecule has 0 aliphatic carbocycles. The van der Waals surface area contributed by atoms with E-state index in [1.165, 1.54) is 12.8 Å². The Balaban J connectivity index is 2.11. The smallest absolute Gasteiger partial charge is 0.229 e. The van der Waals surface area contributed by atoms with Crippen molar-refractivity contribution in [1.29, 1.82) is 0 Å². The first-order valence-corrected chi connectivity index (χ1v) is 5.06. The summed E-state index contributed by atoms with van der Waals surface area (Å²) in [5.41, 5.74) is 7.18. The summed E-state index contributed by atoms with van der Waals surface area (Å²) in [6.45, 7) is 2.02. The van der Waals surface area contributed by atoms with Crippen molar-refractivity contribution in [3.8, 4) is 0 Å². The number of hydrogen-bond donors (Lipinski definition) is 2. The third kappa shape index (κ3) is 1.29. The van der Waals surface area contributed by atoms with E-state index in [-0.39, 0.29) is 0 Å². The maximum Gasteiger partial charge on any atom is 0.229 e. The molecule has 0 saturated carbocycles. The lowest BCUT2D eigenvalue weighted by Crippen LogP contribution is -2.20. The van der Waals surface area contributed by atoms with E-state index < -0.39 is 0 Å². The summed E-state index contributed by atoms with van der Waals surface area (Å²) in [7, 11) is 0. The van der Waals surface area contributed by atoms with E-state index in [0.29, 0.717) is 17.4 Å². The number of anilines is 2. The van der Waals surface area contributed by atoms with Crippen LogP contribution in [0.2, 0.25) is 0 Å². The highest BCUT2D eigenvalue weighted by molar-refractivity contribution is 5.82. The van der Waals surface area contributed by atoms with Crippen molar-refractivity contribution >= 4 is 22.9 Å². The van der Waals surface area contributed by atoms with E-state index in [9.17, 15) is 0 Å². The Hall–Kier alpha value is -1.85. The maximum atomic E-state index is 5.82. The second-order valence-corrected chi connectivity index (χ2v) is 3.70. The molecular formula is C9H12N6. The Morgan fingerprint density at radius 3 is 2.87 bits per heavy atom. The first-order chi connectivity index (χ1) is 7.34. The minimum Gasteiger partial charge on any atom is -0.382 e. The Labute approximate surface area is 86.5 Å². The van der Waals surface area contributed by atoms with E-state index in [4.69, 9.17) is 5.73 Å². The first kappa shape index (κ1) is 8.46. The average molecular weight is 204 g/mol. The van der Waals surface area contributed by atoms with Gasteiger partial charge in [0.2, 0.25) is 5.95 Å². The SMILES string of the molecule is Nc1nc(N2CCCC2)nc2nc[nH]c12. The topological polar surface area (TPSA) is 83.7 Å². The number of imidazole rings is 1. The summed E-state index contributed by atoms with van der Waals surface area (Å²) in [5, 5.41) is 0. The number of fused-ring (bicyclic) bond motifs is 1. The Morgan fingerprint density at radius 1 is 1.27 bits per heavy atom. The highest BCUT2D eigenvalue weighted by Gasteiger charge is 2.17. The van der Waals surface area contributed by atoms with E-state index >= 15 is 0 Å². The molecule has 0 unspecified atom stereocenters. The first-order valence-electron chi connectivity index (χ1n) is 5.06. The summed E-state index contributed by atoms with van der Waals surface area (Å²) < 4.78 is 0. The lowest BCUT2D eigenvalue weighted by molar-refractivity contribution is 0.907. The summed E-state index contributed by atoms with van der Waals surface area (Å²) in [5.74, 6) is 1.17. The third-order valence-corrected chi connectivity index (χ3v) is 2.69. The zero-order valence-corrected chi connectivity index (χ0v) is 8.27. The van der Waals surface area contributed by atoms with E-state index in [1.807, 2.05) is 0 Å². The molecule has 1 aliphatic rings. The van der Waals surface area contributed by atoms with Gasteiger partial charge in [-0.2, -0.15) is 9.97 Å². The average Bonchev–Trinajstić information content (AvgIpc) is 2.88. The predicted molar refractivity (Wildman–Crippen MR) is 57.5 cm³/mol. The fraction of sp³-hybridized carbons (Fsp3) is 0.444. The Kier molecular flexibility index (Phi) is 1.74. The van der Waals surface area contributed by atoms with Crippen molar-refractivity contribution in [1.82, 2.24) is 19.9 Å². The van der Waals surface area contributed by atoms with Gasteiger partial charge in [-0.25, -0.2) is 4.98 Å². The van der Waals surface area contributed by atoms with Crippen LogP contribution in [0.1, 0.15) is 12.8 Å². The molecule has 3 N–H and O–H groups in total. The highest BCUT2D eigenvalue weighted by Crippen LogP contribution is 2.20. The molecule has 1 fully saturated rings. The van der Waals surface area contributed by atoms with E-state index in [2.05, 4.69) is 24.8 Å². The van der Waals surface area contributed by atoms with Crippen molar-refractivity contribution in [3.63, 3.8) is 0 Å². The molecule has 78 valence electrons. The quantitative estimate of drug-likeness (QED) is 0.708. The predicted octanol–water partition coefficient (Wildman–Crippen LogP) is 0.535. The van der Waals surface area contributed by atoms with Gasteiger partial charge < -0.3 is 15.6 Å². The maximum absolute atomic E-state index is 5.82. The van der Waals surface area contributed by atoms with Crippen LogP contribution in [-0.4, -0.2) is 33.0 Å². The number of hydrogen-bond acceptors (Lipinski definition) is 5. The molecule has 0 amide bonds. The molecular weight excluding hydrogens is 192 g/mol. The van der Waals surface area contributed by atoms with Crippen molar-refractivity contribution < 1.29 is 0 Å². The van der Waals surface area contributed by atoms with Gasteiger partial charge in [-0.1, -0.05) is 0 Å². The van der Waals surface area contributed by atoms with Crippen LogP contribution in [0.3, 0.4) is 0 Å². The molecule has 2 aromatic rings. The normalized spacial score (nSPS) is 16.4. The standard InChI is InChI=1S/C9H12N6/c10-7-6-8(12-5-11-6)14-9(13-7)15-3-1-2-4-15/h5H,1-4H2,(H3,10,11,12,13,14). The Bertz CT molecular complexity index is 484. The van der Waals surface area contributed by atoms with Crippen molar-refractivity contribution in [2.75, 3.05) is 23.7 Å². The van der Waals surface area contributed by atoms with Gasteiger partial charge in [-0.15, -0.1) is 0 Å². The number of rotatable bonds is 1. The molecule has 0 radical (unpaired) electrons. The summed E-state index contributed by atoms with van der Waals surface area (Å²) in [6, 6.07) is 0. The minimum absolute atomic E-state index is 0.472. The molecule has 1 aliphatic heterocycles. The van der Waals surface area contributed by atoms with Gasteiger partial charge in [0, 0.05) is 13.1 Å². The number of nitrogens with two attached hydrogens (primary N) is 1. The second-order valence-electron chi connectivity index (χ2n) is 3.70.